The normalized spacial score (nSPS) is 22.9. The Morgan fingerprint density at radius 3 is 3.00 bits per heavy atom. The van der Waals surface area contributed by atoms with Gasteiger partial charge in [0, 0.05) is 19.7 Å². The van der Waals surface area contributed by atoms with Crippen molar-refractivity contribution in [3.05, 3.63) is 24.2 Å². The van der Waals surface area contributed by atoms with Gasteiger partial charge in [-0.15, -0.1) is 0 Å². The molecule has 1 aliphatic rings. The van der Waals surface area contributed by atoms with E-state index in [4.69, 9.17) is 14.9 Å². The van der Waals surface area contributed by atoms with Crippen LogP contribution in [0.4, 0.5) is 0 Å². The summed E-state index contributed by atoms with van der Waals surface area (Å²) in [6, 6.07) is 4.04. The summed E-state index contributed by atoms with van der Waals surface area (Å²) in [5, 5.41) is 0. The van der Waals surface area contributed by atoms with E-state index in [1.165, 1.54) is 12.8 Å². The molecule has 17 heavy (non-hydrogen) atoms. The Kier molecular flexibility index (Phi) is 4.59. The van der Waals surface area contributed by atoms with Gasteiger partial charge in [-0.25, -0.2) is 0 Å². The van der Waals surface area contributed by atoms with Gasteiger partial charge in [-0.05, 0) is 38.4 Å². The van der Waals surface area contributed by atoms with Crippen LogP contribution in [0.25, 0.3) is 0 Å². The average Bonchev–Trinajstić information content (AvgIpc) is 2.85. The molecule has 2 atom stereocenters. The van der Waals surface area contributed by atoms with Gasteiger partial charge in [-0.2, -0.15) is 0 Å². The van der Waals surface area contributed by atoms with Crippen molar-refractivity contribution in [2.45, 2.75) is 31.4 Å². The van der Waals surface area contributed by atoms with Gasteiger partial charge in [0.25, 0.3) is 0 Å². The van der Waals surface area contributed by atoms with Crippen LogP contribution in [0.1, 0.15) is 31.1 Å². The van der Waals surface area contributed by atoms with Crippen molar-refractivity contribution in [2.75, 3.05) is 26.7 Å². The van der Waals surface area contributed by atoms with Crippen LogP contribution in [0, 0.1) is 0 Å². The second-order valence-electron chi connectivity index (χ2n) is 4.70. The van der Waals surface area contributed by atoms with Crippen molar-refractivity contribution in [2.24, 2.45) is 5.73 Å². The molecule has 1 aliphatic heterocycles. The number of hydrogen-bond acceptors (Lipinski definition) is 4. The predicted octanol–water partition coefficient (Wildman–Crippen LogP) is 1.78. The third kappa shape index (κ3) is 3.31. The molecule has 4 heteroatoms. The van der Waals surface area contributed by atoms with Gasteiger partial charge in [-0.3, -0.25) is 4.90 Å². The van der Waals surface area contributed by atoms with Crippen molar-refractivity contribution in [3.8, 4) is 0 Å². The first kappa shape index (κ1) is 12.6. The molecule has 0 amide bonds. The molecule has 0 radical (unpaired) electrons. The quantitative estimate of drug-likeness (QED) is 0.849. The summed E-state index contributed by atoms with van der Waals surface area (Å²) in [5.74, 6) is 0.936. The SMILES string of the molecule is CN(CC1CCCCO1)C(CN)c1ccco1. The van der Waals surface area contributed by atoms with Gasteiger partial charge < -0.3 is 14.9 Å². The van der Waals surface area contributed by atoms with Crippen LogP contribution in [0.15, 0.2) is 22.8 Å². The summed E-state index contributed by atoms with van der Waals surface area (Å²) in [6.07, 6.45) is 5.66. The highest BCUT2D eigenvalue weighted by molar-refractivity contribution is 5.05. The van der Waals surface area contributed by atoms with Crippen LogP contribution < -0.4 is 5.73 Å². The number of rotatable bonds is 5. The molecule has 0 saturated carbocycles. The highest BCUT2D eigenvalue weighted by Crippen LogP contribution is 2.21. The molecule has 1 aromatic rings. The maximum absolute atomic E-state index is 5.83. The number of nitrogens with two attached hydrogens (primary N) is 1. The van der Waals surface area contributed by atoms with Crippen LogP contribution in [-0.4, -0.2) is 37.7 Å². The molecule has 0 bridgehead atoms. The lowest BCUT2D eigenvalue weighted by Gasteiger charge is -2.31. The van der Waals surface area contributed by atoms with E-state index in [0.717, 1.165) is 25.3 Å². The molecular formula is C13H22N2O2. The minimum Gasteiger partial charge on any atom is -0.468 e. The summed E-state index contributed by atoms with van der Waals surface area (Å²) >= 11 is 0. The molecule has 2 heterocycles. The third-order valence-electron chi connectivity index (χ3n) is 3.39. The summed E-state index contributed by atoms with van der Waals surface area (Å²) in [7, 11) is 2.08. The van der Waals surface area contributed by atoms with Gasteiger partial charge in [0.1, 0.15) is 5.76 Å². The zero-order chi connectivity index (χ0) is 12.1. The fourth-order valence-electron chi connectivity index (χ4n) is 2.39. The number of ether oxygens (including phenoxy) is 1. The van der Waals surface area contributed by atoms with Crippen molar-refractivity contribution in [3.63, 3.8) is 0 Å². The monoisotopic (exact) mass is 238 g/mol. The molecule has 1 fully saturated rings. The minimum absolute atomic E-state index is 0.149. The molecular weight excluding hydrogens is 216 g/mol. The van der Waals surface area contributed by atoms with E-state index in [-0.39, 0.29) is 6.04 Å². The zero-order valence-corrected chi connectivity index (χ0v) is 10.5. The largest absolute Gasteiger partial charge is 0.468 e. The van der Waals surface area contributed by atoms with Crippen molar-refractivity contribution >= 4 is 0 Å². The molecule has 0 aliphatic carbocycles. The molecule has 1 aromatic heterocycles. The van der Waals surface area contributed by atoms with E-state index in [1.54, 1.807) is 6.26 Å². The molecule has 0 spiro atoms. The second kappa shape index (κ2) is 6.19. The lowest BCUT2D eigenvalue weighted by atomic mass is 10.1. The van der Waals surface area contributed by atoms with Crippen LogP contribution in [0.5, 0.6) is 0 Å². The summed E-state index contributed by atoms with van der Waals surface area (Å²) in [4.78, 5) is 2.23. The smallest absolute Gasteiger partial charge is 0.122 e. The number of likely N-dealkylation sites (N-methyl/N-ethyl adjacent to an activating group) is 1. The van der Waals surface area contributed by atoms with E-state index < -0.39 is 0 Å². The van der Waals surface area contributed by atoms with Crippen molar-refractivity contribution < 1.29 is 9.15 Å². The van der Waals surface area contributed by atoms with Gasteiger partial charge in [0.15, 0.2) is 0 Å². The average molecular weight is 238 g/mol. The van der Waals surface area contributed by atoms with Gasteiger partial charge in [0.2, 0.25) is 0 Å². The second-order valence-corrected chi connectivity index (χ2v) is 4.70. The first-order valence-corrected chi connectivity index (χ1v) is 6.36. The third-order valence-corrected chi connectivity index (χ3v) is 3.39. The Bertz CT molecular complexity index is 307. The van der Waals surface area contributed by atoms with Crippen molar-refractivity contribution in [1.82, 2.24) is 4.90 Å². The lowest BCUT2D eigenvalue weighted by Crippen LogP contribution is -2.38. The molecule has 2 N–H and O–H groups in total. The first-order valence-electron chi connectivity index (χ1n) is 6.36. The molecule has 2 rings (SSSR count). The Morgan fingerprint density at radius 2 is 2.41 bits per heavy atom. The van der Waals surface area contributed by atoms with Crippen LogP contribution in [0.2, 0.25) is 0 Å². The highest BCUT2D eigenvalue weighted by atomic mass is 16.5. The fraction of sp³-hybridized carbons (Fsp3) is 0.692. The standard InChI is InChI=1S/C13H22N2O2/c1-15(10-11-5-2-3-7-16-11)12(9-14)13-6-4-8-17-13/h4,6,8,11-12H,2-3,5,7,9-10,14H2,1H3. The van der Waals surface area contributed by atoms with E-state index in [1.807, 2.05) is 12.1 Å². The van der Waals surface area contributed by atoms with Crippen LogP contribution in [0.3, 0.4) is 0 Å². The van der Waals surface area contributed by atoms with Crippen LogP contribution in [-0.2, 0) is 4.74 Å². The topological polar surface area (TPSA) is 51.6 Å². The van der Waals surface area contributed by atoms with Gasteiger partial charge >= 0.3 is 0 Å². The van der Waals surface area contributed by atoms with Gasteiger partial charge in [0.05, 0.1) is 18.4 Å². The van der Waals surface area contributed by atoms with Gasteiger partial charge in [-0.1, -0.05) is 0 Å². The summed E-state index contributed by atoms with van der Waals surface area (Å²) in [6.45, 7) is 2.38. The van der Waals surface area contributed by atoms with E-state index >= 15 is 0 Å². The Labute approximate surface area is 103 Å². The van der Waals surface area contributed by atoms with Crippen molar-refractivity contribution in [1.29, 1.82) is 0 Å². The summed E-state index contributed by atoms with van der Waals surface area (Å²) in [5.41, 5.74) is 5.83. The Morgan fingerprint density at radius 1 is 1.53 bits per heavy atom. The molecule has 0 aromatic carbocycles. The minimum atomic E-state index is 0.149. The number of furan rings is 1. The van der Waals surface area contributed by atoms with E-state index in [2.05, 4.69) is 11.9 Å². The molecule has 1 saturated heterocycles. The number of hydrogen-bond donors (Lipinski definition) is 1. The predicted molar refractivity (Wildman–Crippen MR) is 66.7 cm³/mol. The maximum atomic E-state index is 5.83. The zero-order valence-electron chi connectivity index (χ0n) is 10.5. The Hall–Kier alpha value is -0.840. The van der Waals surface area contributed by atoms with Crippen LogP contribution >= 0.6 is 0 Å². The fourth-order valence-corrected chi connectivity index (χ4v) is 2.39. The summed E-state index contributed by atoms with van der Waals surface area (Å²) < 4.78 is 11.2. The molecule has 4 nitrogen and oxygen atoms in total. The highest BCUT2D eigenvalue weighted by Gasteiger charge is 2.22. The number of nitrogens with zero attached hydrogens (tertiary/aromatic N) is 1. The lowest BCUT2D eigenvalue weighted by molar-refractivity contribution is -0.00916. The van der Waals surface area contributed by atoms with E-state index in [9.17, 15) is 0 Å². The first-order chi connectivity index (χ1) is 8.31. The molecule has 2 unspecified atom stereocenters. The van der Waals surface area contributed by atoms with E-state index in [0.29, 0.717) is 12.6 Å². The Balaban J connectivity index is 1.90. The molecule has 96 valence electrons. The maximum Gasteiger partial charge on any atom is 0.122 e.